The molecule has 0 unspecified atom stereocenters. The molecule has 0 amide bonds. The van der Waals surface area contributed by atoms with Crippen molar-refractivity contribution in [2.75, 3.05) is 13.6 Å². The quantitative estimate of drug-likeness (QED) is 0.743. The number of benzene rings is 1. The van der Waals surface area contributed by atoms with Gasteiger partial charge in [-0.1, -0.05) is 24.1 Å². The highest BCUT2D eigenvalue weighted by Crippen LogP contribution is 2.21. The van der Waals surface area contributed by atoms with Crippen molar-refractivity contribution in [2.24, 2.45) is 0 Å². The molecule has 0 aromatic heterocycles. The van der Waals surface area contributed by atoms with Gasteiger partial charge >= 0.3 is 0 Å². The summed E-state index contributed by atoms with van der Waals surface area (Å²) in [7, 11) is 2.01. The molecule has 1 nitrogen and oxygen atoms in total. The van der Waals surface area contributed by atoms with E-state index in [4.69, 9.17) is 11.6 Å². The molecule has 0 radical (unpaired) electrons. The van der Waals surface area contributed by atoms with Crippen molar-refractivity contribution in [3.63, 3.8) is 0 Å². The highest BCUT2D eigenvalue weighted by atomic mass is 35.5. The number of nitrogens with one attached hydrogen (secondary N) is 1. The fraction of sp³-hybridized carbons (Fsp3) is 0.571. The summed E-state index contributed by atoms with van der Waals surface area (Å²) < 4.78 is 0. The number of halogens is 1. The number of hydrogen-bond donors (Lipinski definition) is 1. The molecule has 1 aromatic rings. The summed E-state index contributed by atoms with van der Waals surface area (Å²) in [5.41, 5.74) is 3.97. The Hall–Kier alpha value is -0.530. The predicted octanol–water partition coefficient (Wildman–Crippen LogP) is 3.89. The molecule has 0 heterocycles. The Labute approximate surface area is 104 Å². The van der Waals surface area contributed by atoms with Crippen molar-refractivity contribution in [2.45, 2.75) is 39.5 Å². The van der Waals surface area contributed by atoms with Crippen molar-refractivity contribution >= 4 is 11.6 Å². The topological polar surface area (TPSA) is 12.0 Å². The molecule has 2 heteroatoms. The van der Waals surface area contributed by atoms with Crippen LogP contribution in [0.3, 0.4) is 0 Å². The largest absolute Gasteiger partial charge is 0.320 e. The molecule has 0 saturated heterocycles. The first-order valence-electron chi connectivity index (χ1n) is 6.05. The zero-order chi connectivity index (χ0) is 12.0. The van der Waals surface area contributed by atoms with E-state index in [2.05, 4.69) is 31.3 Å². The Balaban J connectivity index is 2.45. The van der Waals surface area contributed by atoms with Crippen molar-refractivity contribution in [1.82, 2.24) is 5.32 Å². The van der Waals surface area contributed by atoms with Crippen LogP contribution in [0.15, 0.2) is 12.1 Å². The first kappa shape index (κ1) is 13.5. The van der Waals surface area contributed by atoms with Crippen LogP contribution < -0.4 is 5.32 Å². The van der Waals surface area contributed by atoms with Crippen LogP contribution in [0.4, 0.5) is 0 Å². The van der Waals surface area contributed by atoms with Gasteiger partial charge in [-0.15, -0.1) is 0 Å². The van der Waals surface area contributed by atoms with Gasteiger partial charge in [0.1, 0.15) is 0 Å². The highest BCUT2D eigenvalue weighted by molar-refractivity contribution is 6.31. The molecular weight excluding hydrogens is 218 g/mol. The van der Waals surface area contributed by atoms with Crippen LogP contribution >= 0.6 is 11.6 Å². The molecule has 0 bridgehead atoms. The van der Waals surface area contributed by atoms with Gasteiger partial charge in [0.25, 0.3) is 0 Å². The Morgan fingerprint density at radius 2 is 1.81 bits per heavy atom. The molecule has 1 aromatic carbocycles. The fourth-order valence-electron chi connectivity index (χ4n) is 1.90. The lowest BCUT2D eigenvalue weighted by Gasteiger charge is -2.08. The van der Waals surface area contributed by atoms with Crippen LogP contribution in [0.25, 0.3) is 0 Å². The SMILES string of the molecule is CNCCCCCc1cc(C)c(Cl)cc1C. The predicted molar refractivity (Wildman–Crippen MR) is 72.4 cm³/mol. The minimum atomic E-state index is 0.886. The maximum absolute atomic E-state index is 6.08. The first-order chi connectivity index (χ1) is 7.65. The Kier molecular flexibility index (Phi) is 5.86. The Morgan fingerprint density at radius 3 is 2.50 bits per heavy atom. The number of hydrogen-bond acceptors (Lipinski definition) is 1. The second kappa shape index (κ2) is 6.93. The lowest BCUT2D eigenvalue weighted by atomic mass is 10.00. The van der Waals surface area contributed by atoms with Gasteiger partial charge in [0.2, 0.25) is 0 Å². The summed E-state index contributed by atoms with van der Waals surface area (Å²) in [6.45, 7) is 5.35. The van der Waals surface area contributed by atoms with E-state index in [0.717, 1.165) is 11.6 Å². The minimum absolute atomic E-state index is 0.886. The first-order valence-corrected chi connectivity index (χ1v) is 6.43. The number of rotatable bonds is 6. The van der Waals surface area contributed by atoms with Crippen LogP contribution in [0.1, 0.15) is 36.0 Å². The number of aryl methyl sites for hydroxylation is 3. The molecule has 0 aliphatic carbocycles. The van der Waals surface area contributed by atoms with E-state index in [1.807, 2.05) is 7.05 Å². The van der Waals surface area contributed by atoms with Crippen LogP contribution in [0.2, 0.25) is 5.02 Å². The standard InChI is InChI=1S/C14H22ClN/c1-11-10-14(15)12(2)9-13(11)7-5-4-6-8-16-3/h9-10,16H,4-8H2,1-3H3. The van der Waals surface area contributed by atoms with E-state index < -0.39 is 0 Å². The van der Waals surface area contributed by atoms with E-state index in [-0.39, 0.29) is 0 Å². The fourth-order valence-corrected chi connectivity index (χ4v) is 2.12. The van der Waals surface area contributed by atoms with Gasteiger partial charge in [0, 0.05) is 5.02 Å². The molecule has 0 aliphatic heterocycles. The maximum atomic E-state index is 6.08. The van der Waals surface area contributed by atoms with E-state index in [0.29, 0.717) is 0 Å². The maximum Gasteiger partial charge on any atom is 0.0438 e. The van der Waals surface area contributed by atoms with Crippen molar-refractivity contribution in [1.29, 1.82) is 0 Å². The average molecular weight is 240 g/mol. The summed E-state index contributed by atoms with van der Waals surface area (Å²) in [5.74, 6) is 0. The Morgan fingerprint density at radius 1 is 1.06 bits per heavy atom. The van der Waals surface area contributed by atoms with E-state index >= 15 is 0 Å². The summed E-state index contributed by atoms with van der Waals surface area (Å²) >= 11 is 6.08. The van der Waals surface area contributed by atoms with Crippen LogP contribution in [0.5, 0.6) is 0 Å². The third-order valence-corrected chi connectivity index (χ3v) is 3.40. The normalized spacial score (nSPS) is 10.8. The lowest BCUT2D eigenvalue weighted by molar-refractivity contribution is 0.641. The van der Waals surface area contributed by atoms with E-state index in [1.54, 1.807) is 0 Å². The molecule has 0 atom stereocenters. The van der Waals surface area contributed by atoms with Crippen LogP contribution in [-0.2, 0) is 6.42 Å². The van der Waals surface area contributed by atoms with Crippen LogP contribution in [-0.4, -0.2) is 13.6 Å². The van der Waals surface area contributed by atoms with Crippen molar-refractivity contribution < 1.29 is 0 Å². The summed E-state index contributed by atoms with van der Waals surface area (Å²) in [6.07, 6.45) is 5.00. The molecule has 1 rings (SSSR count). The monoisotopic (exact) mass is 239 g/mol. The van der Waals surface area contributed by atoms with E-state index in [9.17, 15) is 0 Å². The second-order valence-electron chi connectivity index (χ2n) is 4.44. The molecule has 0 saturated carbocycles. The number of unbranched alkanes of at least 4 members (excludes halogenated alkanes) is 2. The van der Waals surface area contributed by atoms with Gasteiger partial charge in [0.05, 0.1) is 0 Å². The Bertz CT molecular complexity index is 334. The van der Waals surface area contributed by atoms with Gasteiger partial charge in [0.15, 0.2) is 0 Å². The van der Waals surface area contributed by atoms with Crippen molar-refractivity contribution in [3.05, 3.63) is 33.8 Å². The zero-order valence-electron chi connectivity index (χ0n) is 10.6. The highest BCUT2D eigenvalue weighted by Gasteiger charge is 2.02. The van der Waals surface area contributed by atoms with Gasteiger partial charge in [-0.25, -0.2) is 0 Å². The summed E-state index contributed by atoms with van der Waals surface area (Å²) in [4.78, 5) is 0. The van der Waals surface area contributed by atoms with E-state index in [1.165, 1.54) is 42.4 Å². The summed E-state index contributed by atoms with van der Waals surface area (Å²) in [5, 5.41) is 4.06. The second-order valence-corrected chi connectivity index (χ2v) is 4.85. The molecule has 0 spiro atoms. The van der Waals surface area contributed by atoms with Crippen LogP contribution in [0, 0.1) is 13.8 Å². The zero-order valence-corrected chi connectivity index (χ0v) is 11.3. The smallest absolute Gasteiger partial charge is 0.0438 e. The third-order valence-electron chi connectivity index (χ3n) is 2.99. The van der Waals surface area contributed by atoms with Gasteiger partial charge in [-0.2, -0.15) is 0 Å². The third kappa shape index (κ3) is 4.15. The molecular formula is C14H22ClN. The average Bonchev–Trinajstić information content (AvgIpc) is 2.25. The minimum Gasteiger partial charge on any atom is -0.320 e. The lowest BCUT2D eigenvalue weighted by Crippen LogP contribution is -2.07. The van der Waals surface area contributed by atoms with Gasteiger partial charge in [-0.3, -0.25) is 0 Å². The van der Waals surface area contributed by atoms with Gasteiger partial charge < -0.3 is 5.32 Å². The summed E-state index contributed by atoms with van der Waals surface area (Å²) in [6, 6.07) is 4.32. The molecule has 1 N–H and O–H groups in total. The molecule has 0 aliphatic rings. The molecule has 0 fully saturated rings. The van der Waals surface area contributed by atoms with Crippen molar-refractivity contribution in [3.8, 4) is 0 Å². The van der Waals surface area contributed by atoms with Gasteiger partial charge in [-0.05, 0) is 69.5 Å². The molecule has 16 heavy (non-hydrogen) atoms. The molecule has 90 valence electrons.